The van der Waals surface area contributed by atoms with Crippen LogP contribution in [0.2, 0.25) is 10.0 Å². The van der Waals surface area contributed by atoms with Crippen LogP contribution in [0.5, 0.6) is 0 Å². The summed E-state index contributed by atoms with van der Waals surface area (Å²) in [6.45, 7) is -0.696. The van der Waals surface area contributed by atoms with Gasteiger partial charge in [-0.15, -0.1) is 0 Å². The van der Waals surface area contributed by atoms with Gasteiger partial charge in [0.25, 0.3) is 0 Å². The molecule has 0 aromatic heterocycles. The second-order valence-electron chi connectivity index (χ2n) is 6.94. The zero-order chi connectivity index (χ0) is 24.2. The van der Waals surface area contributed by atoms with E-state index >= 15 is 0 Å². The maximum absolute atomic E-state index is 13.3. The molecule has 0 unspecified atom stereocenters. The number of nitrogens with one attached hydrogen (secondary N) is 1. The minimum atomic E-state index is -4.05. The van der Waals surface area contributed by atoms with E-state index in [1.165, 1.54) is 42.5 Å². The van der Waals surface area contributed by atoms with Gasteiger partial charge in [0.15, 0.2) is 0 Å². The van der Waals surface area contributed by atoms with Crippen molar-refractivity contribution >= 4 is 54.8 Å². The van der Waals surface area contributed by atoms with E-state index in [4.69, 9.17) is 28.3 Å². The first-order valence-electron chi connectivity index (χ1n) is 9.38. The van der Waals surface area contributed by atoms with Crippen molar-refractivity contribution in [3.8, 4) is 0 Å². The van der Waals surface area contributed by atoms with Gasteiger partial charge in [-0.3, -0.25) is 4.79 Å². The fourth-order valence-corrected chi connectivity index (χ4v) is 5.28. The first-order chi connectivity index (χ1) is 15.5. The number of halogens is 2. The highest BCUT2D eigenvalue weighted by molar-refractivity contribution is 7.89. The van der Waals surface area contributed by atoms with Gasteiger partial charge in [0.1, 0.15) is 0 Å². The Morgan fingerprint density at radius 1 is 0.879 bits per heavy atom. The number of nitrogens with two attached hydrogens (primary N) is 1. The number of hydrogen-bond acceptors (Lipinski definition) is 5. The third-order valence-electron chi connectivity index (χ3n) is 4.53. The normalized spacial score (nSPS) is 12.0. The van der Waals surface area contributed by atoms with E-state index < -0.39 is 32.5 Å². The molecule has 33 heavy (non-hydrogen) atoms. The number of sulfonamides is 2. The van der Waals surface area contributed by atoms with Crippen molar-refractivity contribution in [3.05, 3.63) is 88.4 Å². The van der Waals surface area contributed by atoms with Crippen LogP contribution in [0, 0.1) is 0 Å². The fourth-order valence-electron chi connectivity index (χ4n) is 2.90. The van der Waals surface area contributed by atoms with E-state index in [9.17, 15) is 21.6 Å². The number of rotatable bonds is 8. The minimum Gasteiger partial charge on any atom is -0.325 e. The van der Waals surface area contributed by atoms with E-state index in [0.29, 0.717) is 10.6 Å². The Bertz CT molecular complexity index is 1360. The first-order valence-corrected chi connectivity index (χ1v) is 13.1. The van der Waals surface area contributed by atoms with Crippen LogP contribution in [0.15, 0.2) is 82.6 Å². The molecular formula is C21H19Cl2N3O5S2. The lowest BCUT2D eigenvalue weighted by atomic mass is 10.2. The average Bonchev–Trinajstić information content (AvgIpc) is 2.75. The molecule has 0 fully saturated rings. The van der Waals surface area contributed by atoms with Crippen molar-refractivity contribution in [2.45, 2.75) is 16.3 Å². The van der Waals surface area contributed by atoms with Crippen LogP contribution in [0.1, 0.15) is 5.56 Å². The predicted molar refractivity (Wildman–Crippen MR) is 127 cm³/mol. The lowest BCUT2D eigenvalue weighted by Crippen LogP contribution is -2.37. The van der Waals surface area contributed by atoms with Crippen molar-refractivity contribution in [1.82, 2.24) is 4.31 Å². The highest BCUT2D eigenvalue weighted by atomic mass is 35.5. The summed E-state index contributed by atoms with van der Waals surface area (Å²) in [6, 6.07) is 17.5. The molecular weight excluding hydrogens is 509 g/mol. The monoisotopic (exact) mass is 527 g/mol. The summed E-state index contributed by atoms with van der Waals surface area (Å²) in [4.78, 5) is 12.6. The molecule has 0 saturated carbocycles. The van der Waals surface area contributed by atoms with Crippen LogP contribution in [0.4, 0.5) is 5.69 Å². The third kappa shape index (κ3) is 6.53. The van der Waals surface area contributed by atoms with Gasteiger partial charge in [-0.05, 0) is 54.1 Å². The molecule has 0 saturated heterocycles. The Morgan fingerprint density at radius 2 is 1.52 bits per heavy atom. The molecule has 0 aliphatic heterocycles. The largest absolute Gasteiger partial charge is 0.325 e. The molecule has 0 atom stereocenters. The fraction of sp³-hybridized carbons (Fsp3) is 0.0952. The Kier molecular flexibility index (Phi) is 7.78. The first kappa shape index (κ1) is 25.2. The van der Waals surface area contributed by atoms with Gasteiger partial charge in [0.2, 0.25) is 26.0 Å². The summed E-state index contributed by atoms with van der Waals surface area (Å²) < 4.78 is 50.3. The van der Waals surface area contributed by atoms with Gasteiger partial charge >= 0.3 is 0 Å². The van der Waals surface area contributed by atoms with Crippen LogP contribution in [-0.4, -0.2) is 33.6 Å². The van der Waals surface area contributed by atoms with Crippen molar-refractivity contribution in [3.63, 3.8) is 0 Å². The molecule has 174 valence electrons. The summed E-state index contributed by atoms with van der Waals surface area (Å²) in [5.74, 6) is -0.636. The number of carbonyl (C=O) groups is 1. The standard InChI is InChI=1S/C21H19Cl2N3O5S2/c22-16-7-6-15(20(23)12-16)13-26(33(30,31)19-4-2-1-3-5-19)14-21(27)25-17-8-10-18(11-9-17)32(24,28)29/h1-12H,13-14H2,(H,25,27)(H2,24,28,29). The number of nitrogens with zero attached hydrogens (tertiary/aromatic N) is 1. The Morgan fingerprint density at radius 3 is 2.09 bits per heavy atom. The maximum Gasteiger partial charge on any atom is 0.243 e. The molecule has 0 aliphatic carbocycles. The molecule has 12 heteroatoms. The molecule has 0 bridgehead atoms. The third-order valence-corrected chi connectivity index (χ3v) is 7.85. The Hall–Kier alpha value is -2.47. The molecule has 0 aliphatic rings. The zero-order valence-corrected chi connectivity index (χ0v) is 20.1. The average molecular weight is 528 g/mol. The quantitative estimate of drug-likeness (QED) is 0.463. The number of hydrogen-bond donors (Lipinski definition) is 2. The molecule has 3 N–H and O–H groups in total. The molecule has 0 spiro atoms. The Labute approximate surface area is 202 Å². The molecule has 3 aromatic carbocycles. The smallest absolute Gasteiger partial charge is 0.243 e. The topological polar surface area (TPSA) is 127 Å². The maximum atomic E-state index is 13.3. The van der Waals surface area contributed by atoms with Crippen LogP contribution in [-0.2, 0) is 31.4 Å². The van der Waals surface area contributed by atoms with Gasteiger partial charge < -0.3 is 5.32 Å². The highest BCUT2D eigenvalue weighted by Crippen LogP contribution is 2.25. The van der Waals surface area contributed by atoms with E-state index in [1.54, 1.807) is 30.3 Å². The molecule has 8 nitrogen and oxygen atoms in total. The predicted octanol–water partition coefficient (Wildman–Crippen LogP) is 3.47. The number of benzene rings is 3. The van der Waals surface area contributed by atoms with Crippen LogP contribution in [0.3, 0.4) is 0 Å². The zero-order valence-electron chi connectivity index (χ0n) is 17.0. The minimum absolute atomic E-state index is 0.0143. The molecule has 3 rings (SSSR count). The highest BCUT2D eigenvalue weighted by Gasteiger charge is 2.27. The van der Waals surface area contributed by atoms with Crippen molar-refractivity contribution in [2.24, 2.45) is 5.14 Å². The molecule has 0 heterocycles. The van der Waals surface area contributed by atoms with Gasteiger partial charge in [0.05, 0.1) is 16.3 Å². The van der Waals surface area contributed by atoms with Crippen LogP contribution in [0.25, 0.3) is 0 Å². The summed E-state index contributed by atoms with van der Waals surface area (Å²) in [6.07, 6.45) is 0. The lowest BCUT2D eigenvalue weighted by Gasteiger charge is -2.22. The molecule has 0 radical (unpaired) electrons. The number of carbonyl (C=O) groups excluding carboxylic acids is 1. The van der Waals surface area contributed by atoms with E-state index in [2.05, 4.69) is 5.32 Å². The summed E-state index contributed by atoms with van der Waals surface area (Å²) in [7, 11) is -7.94. The second kappa shape index (κ2) is 10.2. The van der Waals surface area contributed by atoms with E-state index in [0.717, 1.165) is 4.31 Å². The van der Waals surface area contributed by atoms with Gasteiger partial charge in [-0.2, -0.15) is 4.31 Å². The SMILES string of the molecule is NS(=O)(=O)c1ccc(NC(=O)CN(Cc2ccc(Cl)cc2Cl)S(=O)(=O)c2ccccc2)cc1. The van der Waals surface area contributed by atoms with Gasteiger partial charge in [-0.25, -0.2) is 22.0 Å². The Balaban J connectivity index is 1.86. The molecule has 1 amide bonds. The van der Waals surface area contributed by atoms with Gasteiger partial charge in [0, 0.05) is 22.3 Å². The van der Waals surface area contributed by atoms with Gasteiger partial charge in [-0.1, -0.05) is 47.5 Å². The van der Waals surface area contributed by atoms with Crippen molar-refractivity contribution in [1.29, 1.82) is 0 Å². The second-order valence-corrected chi connectivity index (χ2v) is 11.3. The summed E-state index contributed by atoms with van der Waals surface area (Å²) in [5.41, 5.74) is 0.736. The summed E-state index contributed by atoms with van der Waals surface area (Å²) >= 11 is 12.1. The van der Waals surface area contributed by atoms with Crippen molar-refractivity contribution < 1.29 is 21.6 Å². The van der Waals surface area contributed by atoms with Crippen LogP contribution >= 0.6 is 23.2 Å². The number of primary sulfonamides is 1. The number of amides is 1. The lowest BCUT2D eigenvalue weighted by molar-refractivity contribution is -0.116. The van der Waals surface area contributed by atoms with E-state index in [-0.39, 0.29) is 27.0 Å². The van der Waals surface area contributed by atoms with Crippen molar-refractivity contribution in [2.75, 3.05) is 11.9 Å². The number of anilines is 1. The van der Waals surface area contributed by atoms with Crippen LogP contribution < -0.4 is 10.5 Å². The molecule has 3 aromatic rings. The van der Waals surface area contributed by atoms with E-state index in [1.807, 2.05) is 0 Å². The summed E-state index contributed by atoms with van der Waals surface area (Å²) in [5, 5.41) is 8.26.